The zero-order valence-electron chi connectivity index (χ0n) is 8.78. The van der Waals surface area contributed by atoms with Gasteiger partial charge in [-0.25, -0.2) is 4.72 Å². The number of rotatable bonds is 5. The lowest BCUT2D eigenvalue weighted by Gasteiger charge is -2.17. The molecule has 0 bridgehead atoms. The van der Waals surface area contributed by atoms with E-state index in [0.717, 1.165) is 19.4 Å². The average molecular weight is 221 g/mol. The Kier molecular flexibility index (Phi) is 4.31. The van der Waals surface area contributed by atoms with Crippen LogP contribution in [-0.4, -0.2) is 45.4 Å². The van der Waals surface area contributed by atoms with Crippen LogP contribution >= 0.6 is 0 Å². The van der Waals surface area contributed by atoms with Crippen LogP contribution in [0.4, 0.5) is 0 Å². The fourth-order valence-corrected chi connectivity index (χ4v) is 2.39. The number of hydrogen-bond acceptors (Lipinski definition) is 3. The summed E-state index contributed by atoms with van der Waals surface area (Å²) in [6, 6.07) is 0.301. The molecule has 1 aliphatic rings. The van der Waals surface area contributed by atoms with Crippen molar-refractivity contribution in [3.05, 3.63) is 0 Å². The van der Waals surface area contributed by atoms with Gasteiger partial charge in [-0.05, 0) is 19.4 Å². The van der Waals surface area contributed by atoms with Crippen molar-refractivity contribution < 1.29 is 8.42 Å². The summed E-state index contributed by atoms with van der Waals surface area (Å²) >= 11 is 0. The maximum atomic E-state index is 11.5. The van der Waals surface area contributed by atoms with Crippen LogP contribution in [0.1, 0.15) is 19.8 Å². The zero-order chi connectivity index (χ0) is 10.6. The van der Waals surface area contributed by atoms with Crippen LogP contribution in [0.15, 0.2) is 0 Å². The lowest BCUT2D eigenvalue weighted by molar-refractivity contribution is 0.465. The first-order chi connectivity index (χ1) is 6.56. The Bertz CT molecular complexity index is 260. The van der Waals surface area contributed by atoms with E-state index in [-0.39, 0.29) is 0 Å². The van der Waals surface area contributed by atoms with Crippen molar-refractivity contribution in [2.24, 2.45) is 0 Å². The third-order valence-electron chi connectivity index (χ3n) is 2.53. The summed E-state index contributed by atoms with van der Waals surface area (Å²) in [7, 11) is -1.68. The van der Waals surface area contributed by atoms with E-state index < -0.39 is 10.2 Å². The molecule has 6 heteroatoms. The van der Waals surface area contributed by atoms with Crippen LogP contribution in [0.3, 0.4) is 0 Å². The van der Waals surface area contributed by atoms with Gasteiger partial charge in [0.25, 0.3) is 10.2 Å². The summed E-state index contributed by atoms with van der Waals surface area (Å²) < 4.78 is 26.9. The predicted octanol–water partition coefficient (Wildman–Crippen LogP) is -0.475. The third kappa shape index (κ3) is 3.20. The number of hydrogen-bond donors (Lipinski definition) is 2. The first kappa shape index (κ1) is 11.9. The minimum absolute atomic E-state index is 0.301. The molecule has 0 aromatic carbocycles. The molecule has 0 radical (unpaired) electrons. The highest BCUT2D eigenvalue weighted by molar-refractivity contribution is 7.87. The molecule has 5 nitrogen and oxygen atoms in total. The highest BCUT2D eigenvalue weighted by Crippen LogP contribution is 2.04. The molecule has 84 valence electrons. The van der Waals surface area contributed by atoms with Gasteiger partial charge in [-0.1, -0.05) is 6.92 Å². The molecular weight excluding hydrogens is 202 g/mol. The van der Waals surface area contributed by atoms with Gasteiger partial charge in [0, 0.05) is 26.2 Å². The van der Waals surface area contributed by atoms with Crippen LogP contribution < -0.4 is 10.0 Å². The summed E-state index contributed by atoms with van der Waals surface area (Å²) in [5, 5.41) is 3.24. The van der Waals surface area contributed by atoms with Gasteiger partial charge in [-0.15, -0.1) is 0 Å². The standard InChI is InChI=1S/C8H19N3O2S/c1-3-11(2)14(12,13)10-7-8-5-4-6-9-8/h8-10H,3-7H2,1-2H3. The summed E-state index contributed by atoms with van der Waals surface area (Å²) in [6.07, 6.45) is 2.19. The minimum Gasteiger partial charge on any atom is -0.313 e. The fourth-order valence-electron chi connectivity index (χ4n) is 1.42. The molecule has 0 aromatic rings. The molecule has 0 saturated carbocycles. The van der Waals surface area contributed by atoms with E-state index in [9.17, 15) is 8.42 Å². The molecule has 0 aliphatic carbocycles. The first-order valence-electron chi connectivity index (χ1n) is 5.00. The fraction of sp³-hybridized carbons (Fsp3) is 1.00. The Morgan fingerprint density at radius 2 is 2.29 bits per heavy atom. The van der Waals surface area contributed by atoms with Gasteiger partial charge in [0.1, 0.15) is 0 Å². The second-order valence-electron chi connectivity index (χ2n) is 3.56. The lowest BCUT2D eigenvalue weighted by atomic mass is 10.2. The Hall–Kier alpha value is -0.170. The van der Waals surface area contributed by atoms with Crippen molar-refractivity contribution in [3.8, 4) is 0 Å². The van der Waals surface area contributed by atoms with Crippen LogP contribution in [0.25, 0.3) is 0 Å². The smallest absolute Gasteiger partial charge is 0.279 e. The SMILES string of the molecule is CCN(C)S(=O)(=O)NCC1CCCN1. The molecule has 0 amide bonds. The molecule has 1 unspecified atom stereocenters. The van der Waals surface area contributed by atoms with Gasteiger partial charge in [-0.3, -0.25) is 0 Å². The summed E-state index contributed by atoms with van der Waals surface area (Å²) in [4.78, 5) is 0. The molecule has 1 saturated heterocycles. The molecule has 1 heterocycles. The van der Waals surface area contributed by atoms with Crippen molar-refractivity contribution in [1.29, 1.82) is 0 Å². The van der Waals surface area contributed by atoms with E-state index in [0.29, 0.717) is 19.1 Å². The van der Waals surface area contributed by atoms with Gasteiger partial charge >= 0.3 is 0 Å². The first-order valence-corrected chi connectivity index (χ1v) is 6.44. The summed E-state index contributed by atoms with van der Waals surface area (Å²) in [5.74, 6) is 0. The molecule has 0 aromatic heterocycles. The van der Waals surface area contributed by atoms with Crippen LogP contribution in [-0.2, 0) is 10.2 Å². The molecule has 1 fully saturated rings. The van der Waals surface area contributed by atoms with Crippen molar-refractivity contribution in [1.82, 2.24) is 14.3 Å². The highest BCUT2D eigenvalue weighted by Gasteiger charge is 2.19. The molecule has 1 aliphatic heterocycles. The van der Waals surface area contributed by atoms with Gasteiger partial charge in [0.15, 0.2) is 0 Å². The lowest BCUT2D eigenvalue weighted by Crippen LogP contribution is -2.43. The Labute approximate surface area is 86.0 Å². The normalized spacial score (nSPS) is 23.2. The maximum Gasteiger partial charge on any atom is 0.279 e. The molecule has 0 spiro atoms. The van der Waals surface area contributed by atoms with Crippen molar-refractivity contribution in [3.63, 3.8) is 0 Å². The van der Waals surface area contributed by atoms with Gasteiger partial charge in [0.05, 0.1) is 0 Å². The second kappa shape index (κ2) is 5.06. The number of nitrogens with zero attached hydrogens (tertiary/aromatic N) is 1. The number of nitrogens with one attached hydrogen (secondary N) is 2. The Morgan fingerprint density at radius 3 is 2.79 bits per heavy atom. The van der Waals surface area contributed by atoms with E-state index >= 15 is 0 Å². The molecule has 14 heavy (non-hydrogen) atoms. The predicted molar refractivity (Wildman–Crippen MR) is 56.3 cm³/mol. The molecule has 2 N–H and O–H groups in total. The highest BCUT2D eigenvalue weighted by atomic mass is 32.2. The van der Waals surface area contributed by atoms with E-state index in [2.05, 4.69) is 10.0 Å². The van der Waals surface area contributed by atoms with Gasteiger partial charge in [0.2, 0.25) is 0 Å². The van der Waals surface area contributed by atoms with Gasteiger partial charge < -0.3 is 5.32 Å². The van der Waals surface area contributed by atoms with E-state index in [1.807, 2.05) is 6.92 Å². The van der Waals surface area contributed by atoms with Crippen molar-refractivity contribution in [2.75, 3.05) is 26.7 Å². The average Bonchev–Trinajstić information content (AvgIpc) is 2.66. The zero-order valence-corrected chi connectivity index (χ0v) is 9.60. The summed E-state index contributed by atoms with van der Waals surface area (Å²) in [6.45, 7) is 3.79. The van der Waals surface area contributed by atoms with E-state index in [1.54, 1.807) is 7.05 Å². The largest absolute Gasteiger partial charge is 0.313 e. The Morgan fingerprint density at radius 1 is 1.57 bits per heavy atom. The van der Waals surface area contributed by atoms with Crippen molar-refractivity contribution >= 4 is 10.2 Å². The van der Waals surface area contributed by atoms with Gasteiger partial charge in [-0.2, -0.15) is 12.7 Å². The Balaban J connectivity index is 2.35. The van der Waals surface area contributed by atoms with Crippen LogP contribution in [0.5, 0.6) is 0 Å². The van der Waals surface area contributed by atoms with Crippen molar-refractivity contribution in [2.45, 2.75) is 25.8 Å². The molecule has 1 atom stereocenters. The van der Waals surface area contributed by atoms with E-state index in [4.69, 9.17) is 0 Å². The minimum atomic E-state index is -3.25. The third-order valence-corrected chi connectivity index (χ3v) is 4.14. The maximum absolute atomic E-state index is 11.5. The topological polar surface area (TPSA) is 61.4 Å². The summed E-state index contributed by atoms with van der Waals surface area (Å²) in [5.41, 5.74) is 0. The van der Waals surface area contributed by atoms with Crippen LogP contribution in [0, 0.1) is 0 Å². The molecule has 1 rings (SSSR count). The van der Waals surface area contributed by atoms with E-state index in [1.165, 1.54) is 4.31 Å². The quantitative estimate of drug-likeness (QED) is 0.659. The monoisotopic (exact) mass is 221 g/mol. The molecular formula is C8H19N3O2S. The second-order valence-corrected chi connectivity index (χ2v) is 5.42. The van der Waals surface area contributed by atoms with Crippen LogP contribution in [0.2, 0.25) is 0 Å².